The standard InChI is InChI=1S/C24H31ClN4O2/c1-2-3-4-5-22-26-20(17-6-8-19(25)9-7-17)14-24(31)29(22)16-23(30)27-21-15-28-12-10-18(21)11-13-28/h6-9,14,18,21H,2-5,10-13,15-16H2,1H3,(H,27,30)/t21-/m1/s1. The fraction of sp³-hybridized carbons (Fsp3) is 0.542. The maximum atomic E-state index is 13.0. The van der Waals surface area contributed by atoms with Crippen LogP contribution in [0.4, 0.5) is 0 Å². The summed E-state index contributed by atoms with van der Waals surface area (Å²) in [7, 11) is 0. The first kappa shape index (κ1) is 22.0. The number of carbonyl (C=O) groups is 1. The molecule has 5 rings (SSSR count). The Bertz CT molecular complexity index is 965. The van der Waals surface area contributed by atoms with Crippen molar-refractivity contribution in [3.8, 4) is 11.3 Å². The lowest BCUT2D eigenvalue weighted by molar-refractivity contribution is -0.123. The lowest BCUT2D eigenvalue weighted by atomic mass is 9.84. The Morgan fingerprint density at radius 2 is 1.94 bits per heavy atom. The molecular formula is C24H31ClN4O2. The number of nitrogens with one attached hydrogen (secondary N) is 1. The Morgan fingerprint density at radius 1 is 1.19 bits per heavy atom. The van der Waals surface area contributed by atoms with E-state index in [1.54, 1.807) is 16.7 Å². The van der Waals surface area contributed by atoms with Crippen LogP contribution >= 0.6 is 11.6 Å². The summed E-state index contributed by atoms with van der Waals surface area (Å²) in [5.41, 5.74) is 1.29. The average molecular weight is 443 g/mol. The molecule has 0 spiro atoms. The smallest absolute Gasteiger partial charge is 0.254 e. The highest BCUT2D eigenvalue weighted by Crippen LogP contribution is 2.27. The van der Waals surface area contributed by atoms with Crippen LogP contribution in [0, 0.1) is 5.92 Å². The number of amides is 1. The van der Waals surface area contributed by atoms with Crippen LogP contribution in [-0.2, 0) is 17.8 Å². The molecule has 1 aromatic heterocycles. The number of carbonyl (C=O) groups excluding carboxylic acids is 1. The van der Waals surface area contributed by atoms with Crippen molar-refractivity contribution in [1.29, 1.82) is 0 Å². The van der Waals surface area contributed by atoms with Crippen LogP contribution < -0.4 is 10.9 Å². The monoisotopic (exact) mass is 442 g/mol. The van der Waals surface area contributed by atoms with Gasteiger partial charge in [-0.1, -0.05) is 43.5 Å². The zero-order valence-corrected chi connectivity index (χ0v) is 18.9. The summed E-state index contributed by atoms with van der Waals surface area (Å²) in [6, 6.07) is 9.03. The number of fused-ring (bicyclic) bond motifs is 3. The van der Waals surface area contributed by atoms with Gasteiger partial charge >= 0.3 is 0 Å². The topological polar surface area (TPSA) is 67.2 Å². The normalized spacial score (nSPS) is 22.5. The molecule has 1 N–H and O–H groups in total. The summed E-state index contributed by atoms with van der Waals surface area (Å²) in [5, 5.41) is 3.83. The van der Waals surface area contributed by atoms with E-state index in [0.29, 0.717) is 28.9 Å². The molecule has 1 atom stereocenters. The van der Waals surface area contributed by atoms with Crippen molar-refractivity contribution in [1.82, 2.24) is 19.8 Å². The van der Waals surface area contributed by atoms with Gasteiger partial charge in [0.2, 0.25) is 5.91 Å². The number of benzene rings is 1. The zero-order chi connectivity index (χ0) is 21.8. The Morgan fingerprint density at radius 3 is 2.58 bits per heavy atom. The predicted molar refractivity (Wildman–Crippen MR) is 123 cm³/mol. The van der Waals surface area contributed by atoms with Crippen LogP contribution in [0.15, 0.2) is 35.1 Å². The van der Waals surface area contributed by atoms with E-state index in [9.17, 15) is 9.59 Å². The largest absolute Gasteiger partial charge is 0.350 e. The van der Waals surface area contributed by atoms with E-state index in [-0.39, 0.29) is 24.1 Å². The number of piperidine rings is 3. The highest BCUT2D eigenvalue weighted by molar-refractivity contribution is 6.30. The molecule has 0 aliphatic carbocycles. The fourth-order valence-electron chi connectivity index (χ4n) is 4.74. The number of hydrogen-bond acceptors (Lipinski definition) is 4. The van der Waals surface area contributed by atoms with Crippen molar-refractivity contribution in [3.63, 3.8) is 0 Å². The highest BCUT2D eigenvalue weighted by Gasteiger charge is 2.34. The van der Waals surface area contributed by atoms with Crippen molar-refractivity contribution in [2.75, 3.05) is 19.6 Å². The number of aromatic nitrogens is 2. The van der Waals surface area contributed by atoms with Crippen LogP contribution in [0.2, 0.25) is 5.02 Å². The number of aryl methyl sites for hydroxylation is 1. The quantitative estimate of drug-likeness (QED) is 0.635. The Kier molecular flexibility index (Phi) is 7.08. The van der Waals surface area contributed by atoms with E-state index < -0.39 is 0 Å². The lowest BCUT2D eigenvalue weighted by Crippen LogP contribution is -2.57. The predicted octanol–water partition coefficient (Wildman–Crippen LogP) is 3.51. The van der Waals surface area contributed by atoms with Gasteiger partial charge in [-0.15, -0.1) is 0 Å². The first-order valence-electron chi connectivity index (χ1n) is 11.4. The molecule has 4 heterocycles. The summed E-state index contributed by atoms with van der Waals surface area (Å²) in [5.74, 6) is 1.13. The van der Waals surface area contributed by atoms with Crippen molar-refractivity contribution < 1.29 is 4.79 Å². The lowest BCUT2D eigenvalue weighted by Gasteiger charge is -2.44. The molecule has 166 valence electrons. The van der Waals surface area contributed by atoms with Gasteiger partial charge in [0.15, 0.2) is 0 Å². The van der Waals surface area contributed by atoms with Gasteiger partial charge in [-0.3, -0.25) is 14.2 Å². The van der Waals surface area contributed by atoms with Gasteiger partial charge in [-0.2, -0.15) is 0 Å². The van der Waals surface area contributed by atoms with Crippen molar-refractivity contribution in [2.45, 2.75) is 58.0 Å². The van der Waals surface area contributed by atoms with Gasteiger partial charge in [-0.25, -0.2) is 4.98 Å². The SMILES string of the molecule is CCCCCc1nc(-c2ccc(Cl)cc2)cc(=O)n1CC(=O)N[C@@H]1CN2CCC1CC2. The fourth-order valence-corrected chi connectivity index (χ4v) is 4.87. The maximum absolute atomic E-state index is 13.0. The third-order valence-electron chi connectivity index (χ3n) is 6.54. The number of rotatable bonds is 8. The van der Waals surface area contributed by atoms with E-state index in [2.05, 4.69) is 17.1 Å². The Balaban J connectivity index is 1.54. The second-order valence-electron chi connectivity index (χ2n) is 8.76. The summed E-state index contributed by atoms with van der Waals surface area (Å²) < 4.78 is 1.55. The Hall–Kier alpha value is -2.18. The van der Waals surface area contributed by atoms with Gasteiger partial charge in [0.1, 0.15) is 12.4 Å². The third kappa shape index (κ3) is 5.36. The first-order valence-corrected chi connectivity index (χ1v) is 11.8. The number of hydrogen-bond donors (Lipinski definition) is 1. The maximum Gasteiger partial charge on any atom is 0.254 e. The van der Waals surface area contributed by atoms with Gasteiger partial charge in [-0.05, 0) is 50.4 Å². The van der Waals surface area contributed by atoms with E-state index >= 15 is 0 Å². The van der Waals surface area contributed by atoms with Crippen molar-refractivity contribution in [2.24, 2.45) is 5.92 Å². The van der Waals surface area contributed by atoms with E-state index in [1.165, 1.54) is 6.07 Å². The molecule has 3 saturated heterocycles. The molecule has 1 aromatic carbocycles. The molecule has 2 bridgehead atoms. The molecule has 6 nitrogen and oxygen atoms in total. The molecule has 3 aliphatic heterocycles. The van der Waals surface area contributed by atoms with Gasteiger partial charge < -0.3 is 10.2 Å². The molecule has 0 unspecified atom stereocenters. The molecule has 3 fully saturated rings. The molecule has 2 aromatic rings. The zero-order valence-electron chi connectivity index (χ0n) is 18.1. The second kappa shape index (κ2) is 9.96. The van der Waals surface area contributed by atoms with E-state index in [4.69, 9.17) is 16.6 Å². The van der Waals surface area contributed by atoms with Crippen molar-refractivity contribution >= 4 is 17.5 Å². The number of halogens is 1. The van der Waals surface area contributed by atoms with E-state index in [0.717, 1.165) is 57.3 Å². The van der Waals surface area contributed by atoms with Crippen molar-refractivity contribution in [3.05, 3.63) is 51.5 Å². The summed E-state index contributed by atoms with van der Waals surface area (Å²) >= 11 is 6.00. The number of unbranched alkanes of at least 4 members (excludes halogenated alkanes) is 2. The molecule has 31 heavy (non-hydrogen) atoms. The van der Waals surface area contributed by atoms with Gasteiger partial charge in [0.25, 0.3) is 5.56 Å². The first-order chi connectivity index (χ1) is 15.0. The molecule has 7 heteroatoms. The van der Waals surface area contributed by atoms with Crippen LogP contribution in [0.5, 0.6) is 0 Å². The minimum absolute atomic E-state index is 0.0252. The Labute approximate surface area is 188 Å². The minimum Gasteiger partial charge on any atom is -0.350 e. The van der Waals surface area contributed by atoms with Gasteiger partial charge in [0.05, 0.1) is 5.69 Å². The second-order valence-corrected chi connectivity index (χ2v) is 9.19. The molecular weight excluding hydrogens is 412 g/mol. The summed E-state index contributed by atoms with van der Waals surface area (Å²) in [6.45, 7) is 5.36. The average Bonchev–Trinajstić information content (AvgIpc) is 2.77. The van der Waals surface area contributed by atoms with Crippen LogP contribution in [0.25, 0.3) is 11.3 Å². The highest BCUT2D eigenvalue weighted by atomic mass is 35.5. The van der Waals surface area contributed by atoms with Gasteiger partial charge in [0, 0.05) is 35.7 Å². The van der Waals surface area contributed by atoms with Crippen LogP contribution in [0.1, 0.15) is 44.9 Å². The van der Waals surface area contributed by atoms with Crippen LogP contribution in [0.3, 0.4) is 0 Å². The number of nitrogens with zero attached hydrogens (tertiary/aromatic N) is 3. The summed E-state index contributed by atoms with van der Waals surface area (Å²) in [6.07, 6.45) is 6.05. The molecule has 3 aliphatic rings. The third-order valence-corrected chi connectivity index (χ3v) is 6.79. The van der Waals surface area contributed by atoms with E-state index in [1.807, 2.05) is 12.1 Å². The molecule has 1 amide bonds. The minimum atomic E-state index is -0.185. The summed E-state index contributed by atoms with van der Waals surface area (Å²) in [4.78, 5) is 33.0. The molecule has 0 radical (unpaired) electrons. The molecule has 0 saturated carbocycles. The van der Waals surface area contributed by atoms with Crippen LogP contribution in [-0.4, -0.2) is 46.0 Å².